The molecule has 0 atom stereocenters. The minimum absolute atomic E-state index is 0.00258. The highest BCUT2D eigenvalue weighted by atomic mass is 16.6. The van der Waals surface area contributed by atoms with E-state index in [2.05, 4.69) is 0 Å². The Morgan fingerprint density at radius 2 is 1.83 bits per heavy atom. The van der Waals surface area contributed by atoms with Gasteiger partial charge in [-0.25, -0.2) is 0 Å². The van der Waals surface area contributed by atoms with Gasteiger partial charge >= 0.3 is 11.9 Å². The number of hydrogen-bond donors (Lipinski definition) is 0. The van der Waals surface area contributed by atoms with Crippen LogP contribution in [0.4, 0.5) is 5.69 Å². The Labute approximate surface area is 134 Å². The Bertz CT molecular complexity index is 570. The molecule has 0 heterocycles. The summed E-state index contributed by atoms with van der Waals surface area (Å²) < 4.78 is 9.99. The fourth-order valence-electron chi connectivity index (χ4n) is 1.92. The van der Waals surface area contributed by atoms with Crippen molar-refractivity contribution in [2.24, 2.45) is 0 Å². The molecule has 0 fully saturated rings. The first-order valence-electron chi connectivity index (χ1n) is 7.49. The Kier molecular flexibility index (Phi) is 7.73. The maximum atomic E-state index is 11.6. The molecule has 126 valence electrons. The Morgan fingerprint density at radius 1 is 1.17 bits per heavy atom. The van der Waals surface area contributed by atoms with E-state index in [4.69, 9.17) is 9.47 Å². The summed E-state index contributed by atoms with van der Waals surface area (Å²) in [5.74, 6) is -0.770. The smallest absolute Gasteiger partial charge is 0.306 e. The number of nitro groups is 1. The van der Waals surface area contributed by atoms with Gasteiger partial charge in [-0.3, -0.25) is 19.7 Å². The van der Waals surface area contributed by atoms with E-state index in [9.17, 15) is 19.7 Å². The topological polar surface area (TPSA) is 95.7 Å². The molecule has 0 spiro atoms. The van der Waals surface area contributed by atoms with Crippen molar-refractivity contribution in [1.82, 2.24) is 0 Å². The minimum atomic E-state index is -0.470. The highest BCUT2D eigenvalue weighted by molar-refractivity contribution is 5.72. The largest absolute Gasteiger partial charge is 0.466 e. The van der Waals surface area contributed by atoms with E-state index in [1.165, 1.54) is 6.07 Å². The van der Waals surface area contributed by atoms with Gasteiger partial charge in [-0.1, -0.05) is 19.1 Å². The number of esters is 2. The van der Waals surface area contributed by atoms with Gasteiger partial charge in [0.15, 0.2) is 0 Å². The summed E-state index contributed by atoms with van der Waals surface area (Å²) in [6.45, 7) is 3.88. The van der Waals surface area contributed by atoms with Gasteiger partial charge in [0.2, 0.25) is 0 Å². The lowest BCUT2D eigenvalue weighted by Gasteiger charge is -2.08. The van der Waals surface area contributed by atoms with Crippen molar-refractivity contribution in [3.05, 3.63) is 39.4 Å². The van der Waals surface area contributed by atoms with Crippen LogP contribution in [0.25, 0.3) is 0 Å². The van der Waals surface area contributed by atoms with Crippen LogP contribution in [0, 0.1) is 17.0 Å². The zero-order chi connectivity index (χ0) is 17.2. The SMILES string of the molecule is CCCOC(=O)CCCC(=O)OCc1cccc([N+](=O)[O-])c1C. The van der Waals surface area contributed by atoms with Crippen molar-refractivity contribution in [2.75, 3.05) is 6.61 Å². The van der Waals surface area contributed by atoms with Crippen LogP contribution < -0.4 is 0 Å². The van der Waals surface area contributed by atoms with E-state index in [1.807, 2.05) is 6.92 Å². The maximum absolute atomic E-state index is 11.6. The number of nitro benzene ring substituents is 1. The van der Waals surface area contributed by atoms with Gasteiger partial charge in [0.05, 0.1) is 11.5 Å². The van der Waals surface area contributed by atoms with E-state index in [0.29, 0.717) is 24.2 Å². The molecule has 7 heteroatoms. The molecule has 0 saturated heterocycles. The summed E-state index contributed by atoms with van der Waals surface area (Å²) in [6, 6.07) is 4.64. The molecule has 0 bridgehead atoms. The molecule has 7 nitrogen and oxygen atoms in total. The second-order valence-electron chi connectivity index (χ2n) is 5.05. The molecule has 1 aromatic carbocycles. The first kappa shape index (κ1) is 18.6. The van der Waals surface area contributed by atoms with Gasteiger partial charge in [0.1, 0.15) is 6.61 Å². The van der Waals surface area contributed by atoms with Crippen LogP contribution >= 0.6 is 0 Å². The van der Waals surface area contributed by atoms with Crippen LogP contribution in [0.3, 0.4) is 0 Å². The van der Waals surface area contributed by atoms with Crippen molar-refractivity contribution < 1.29 is 24.0 Å². The number of hydrogen-bond acceptors (Lipinski definition) is 6. The number of benzene rings is 1. The Balaban J connectivity index is 2.38. The fourth-order valence-corrected chi connectivity index (χ4v) is 1.92. The number of carbonyl (C=O) groups excluding carboxylic acids is 2. The summed E-state index contributed by atoms with van der Waals surface area (Å²) in [5, 5.41) is 10.8. The van der Waals surface area contributed by atoms with Gasteiger partial charge in [-0.05, 0) is 25.3 Å². The fraction of sp³-hybridized carbons (Fsp3) is 0.500. The van der Waals surface area contributed by atoms with Crippen molar-refractivity contribution >= 4 is 17.6 Å². The third kappa shape index (κ3) is 6.46. The molecule has 0 aromatic heterocycles. The number of rotatable bonds is 9. The van der Waals surface area contributed by atoms with E-state index < -0.39 is 10.9 Å². The van der Waals surface area contributed by atoms with Crippen molar-refractivity contribution in [1.29, 1.82) is 0 Å². The molecule has 0 saturated carbocycles. The van der Waals surface area contributed by atoms with Crippen LogP contribution in [0.5, 0.6) is 0 Å². The summed E-state index contributed by atoms with van der Waals surface area (Å²) in [7, 11) is 0. The third-order valence-electron chi connectivity index (χ3n) is 3.23. The average Bonchev–Trinajstić information content (AvgIpc) is 2.51. The van der Waals surface area contributed by atoms with Crippen LogP contribution in [-0.4, -0.2) is 23.5 Å². The van der Waals surface area contributed by atoms with Gasteiger partial charge in [0, 0.05) is 24.5 Å². The van der Waals surface area contributed by atoms with Crippen LogP contribution in [-0.2, 0) is 25.7 Å². The molecule has 1 aromatic rings. The predicted octanol–water partition coefficient (Wildman–Crippen LogP) is 3.07. The molecule has 1 rings (SSSR count). The van der Waals surface area contributed by atoms with Gasteiger partial charge in [-0.15, -0.1) is 0 Å². The summed E-state index contributed by atoms with van der Waals surface area (Å²) >= 11 is 0. The third-order valence-corrected chi connectivity index (χ3v) is 3.23. The van der Waals surface area contributed by atoms with E-state index >= 15 is 0 Å². The van der Waals surface area contributed by atoms with E-state index in [0.717, 1.165) is 6.42 Å². The first-order valence-corrected chi connectivity index (χ1v) is 7.49. The maximum Gasteiger partial charge on any atom is 0.306 e. The number of carbonyl (C=O) groups is 2. The zero-order valence-electron chi connectivity index (χ0n) is 13.4. The van der Waals surface area contributed by atoms with Crippen LogP contribution in [0.15, 0.2) is 18.2 Å². The summed E-state index contributed by atoms with van der Waals surface area (Å²) in [6.07, 6.45) is 1.39. The molecule has 0 aliphatic carbocycles. The summed E-state index contributed by atoms with van der Waals surface area (Å²) in [4.78, 5) is 33.3. The lowest BCUT2D eigenvalue weighted by atomic mass is 10.1. The van der Waals surface area contributed by atoms with Crippen molar-refractivity contribution in [3.63, 3.8) is 0 Å². The second-order valence-corrected chi connectivity index (χ2v) is 5.05. The second kappa shape index (κ2) is 9.55. The van der Waals surface area contributed by atoms with Gasteiger partial charge in [0.25, 0.3) is 5.69 Å². The lowest BCUT2D eigenvalue weighted by molar-refractivity contribution is -0.385. The molecule has 23 heavy (non-hydrogen) atoms. The Morgan fingerprint density at radius 3 is 2.43 bits per heavy atom. The monoisotopic (exact) mass is 323 g/mol. The van der Waals surface area contributed by atoms with Gasteiger partial charge < -0.3 is 9.47 Å². The average molecular weight is 323 g/mol. The van der Waals surface area contributed by atoms with Crippen molar-refractivity contribution in [2.45, 2.75) is 46.1 Å². The molecule has 0 amide bonds. The molecule has 0 aliphatic heterocycles. The summed E-state index contributed by atoms with van der Waals surface area (Å²) in [5.41, 5.74) is 1.07. The van der Waals surface area contributed by atoms with E-state index in [-0.39, 0.29) is 31.1 Å². The number of nitrogens with zero attached hydrogens (tertiary/aromatic N) is 1. The highest BCUT2D eigenvalue weighted by Crippen LogP contribution is 2.21. The van der Waals surface area contributed by atoms with E-state index in [1.54, 1.807) is 19.1 Å². The molecule has 0 aliphatic rings. The zero-order valence-corrected chi connectivity index (χ0v) is 13.4. The molecular weight excluding hydrogens is 302 g/mol. The van der Waals surface area contributed by atoms with Gasteiger partial charge in [-0.2, -0.15) is 0 Å². The van der Waals surface area contributed by atoms with Crippen LogP contribution in [0.1, 0.15) is 43.7 Å². The minimum Gasteiger partial charge on any atom is -0.466 e. The predicted molar refractivity (Wildman–Crippen MR) is 82.7 cm³/mol. The quantitative estimate of drug-likeness (QED) is 0.394. The molecule has 0 N–H and O–H groups in total. The lowest BCUT2D eigenvalue weighted by Crippen LogP contribution is -2.09. The molecular formula is C16H21NO6. The standard InChI is InChI=1S/C16H21NO6/c1-3-10-22-15(18)8-5-9-16(19)23-11-13-6-4-7-14(12(13)2)17(20)21/h4,6-7H,3,5,8-11H2,1-2H3. The molecule has 0 radical (unpaired) electrons. The molecule has 0 unspecified atom stereocenters. The van der Waals surface area contributed by atoms with Crippen molar-refractivity contribution in [3.8, 4) is 0 Å². The Hall–Kier alpha value is -2.44. The first-order chi connectivity index (χ1) is 11.0. The highest BCUT2D eigenvalue weighted by Gasteiger charge is 2.14. The van der Waals surface area contributed by atoms with Crippen LogP contribution in [0.2, 0.25) is 0 Å². The normalized spacial score (nSPS) is 10.2. The number of ether oxygens (including phenoxy) is 2.